The molecule has 0 radical (unpaired) electrons. The van der Waals surface area contributed by atoms with Crippen LogP contribution >= 0.6 is 6.37 Å². The summed E-state index contributed by atoms with van der Waals surface area (Å²) in [5, 5.41) is 17.0. The zero-order valence-electron chi connectivity index (χ0n) is 5.14. The first-order valence-electron chi connectivity index (χ1n) is 2.14. The van der Waals surface area contributed by atoms with Crippen LogP contribution in [0.15, 0.2) is 0 Å². The van der Waals surface area contributed by atoms with Crippen molar-refractivity contribution in [1.29, 1.82) is 0 Å². The summed E-state index contributed by atoms with van der Waals surface area (Å²) in [6, 6.07) is 0. The van der Waals surface area contributed by atoms with Crippen molar-refractivity contribution in [3.63, 3.8) is 0 Å². The first-order chi connectivity index (χ1) is 4.06. The summed E-state index contributed by atoms with van der Waals surface area (Å²) in [7, 11) is 2.56. The largest absolute Gasteiger partial charge is 0.548 e. The van der Waals surface area contributed by atoms with Gasteiger partial charge in [-0.3, -0.25) is 0 Å². The van der Waals surface area contributed by atoms with Crippen LogP contribution in [0.25, 0.3) is 0 Å². The first-order valence-corrected chi connectivity index (χ1v) is 4.85. The van der Waals surface area contributed by atoms with Crippen LogP contribution in [0.1, 0.15) is 0 Å². The maximum atomic E-state index is 8.52. The van der Waals surface area contributed by atoms with E-state index in [1.807, 2.05) is 0 Å². The third-order valence-corrected chi connectivity index (χ3v) is 3.84. The zero-order valence-corrected chi connectivity index (χ0v) is 6.85. The van der Waals surface area contributed by atoms with Gasteiger partial charge in [-0.25, -0.2) is 0 Å². The van der Waals surface area contributed by atoms with Gasteiger partial charge in [0.05, 0.1) is 0 Å². The maximum Gasteiger partial charge on any atom is 0.548 e. The van der Waals surface area contributed by atoms with Crippen molar-refractivity contribution in [2.45, 2.75) is 0 Å². The topological polar surface area (TPSA) is 58.9 Å². The van der Waals surface area contributed by atoms with Gasteiger partial charge in [0.15, 0.2) is 0 Å². The molecule has 0 unspecified atom stereocenters. The molecule has 0 aliphatic rings. The molecule has 0 saturated carbocycles. The normalized spacial score (nSPS) is 11.6. The van der Waals surface area contributed by atoms with E-state index in [-0.39, 0.29) is 0 Å². The van der Waals surface area contributed by atoms with Crippen molar-refractivity contribution < 1.29 is 19.1 Å². The van der Waals surface area contributed by atoms with Gasteiger partial charge in [0.2, 0.25) is 6.37 Å². The highest BCUT2D eigenvalue weighted by atomic mass is 32.4. The Morgan fingerprint density at radius 1 is 1.33 bits per heavy atom. The quantitative estimate of drug-likeness (QED) is 0.444. The monoisotopic (exact) mass is 170 g/mol. The Morgan fingerprint density at radius 3 is 1.67 bits per heavy atom. The van der Waals surface area contributed by atoms with Gasteiger partial charge in [-0.2, -0.15) is 0 Å². The highest BCUT2D eigenvalue weighted by Crippen LogP contribution is 2.47. The molecule has 7 heteroatoms. The predicted molar refractivity (Wildman–Crippen MR) is 38.5 cm³/mol. The van der Waals surface area contributed by atoms with Gasteiger partial charge in [0.1, 0.15) is 0 Å². The Balaban J connectivity index is 4.11. The Labute approximate surface area is 59.1 Å². The second kappa shape index (κ2) is 3.66. The molecule has 0 fully saturated rings. The van der Waals surface area contributed by atoms with E-state index in [2.05, 4.69) is 20.9 Å². The minimum absolute atomic E-state index is 1.28. The van der Waals surface area contributed by atoms with Crippen LogP contribution in [-0.4, -0.2) is 31.1 Å². The molecule has 0 saturated heterocycles. The van der Waals surface area contributed by atoms with Crippen LogP contribution in [0.3, 0.4) is 0 Å². The van der Waals surface area contributed by atoms with Crippen molar-refractivity contribution in [2.24, 2.45) is 0 Å². The lowest BCUT2D eigenvalue weighted by Gasteiger charge is -2.15. The molecule has 0 rings (SSSR count). The molecular weight excluding hydrogens is 162 g/mol. The van der Waals surface area contributed by atoms with Gasteiger partial charge < -0.3 is 19.1 Å². The second-order valence-corrected chi connectivity index (χ2v) is 5.05. The lowest BCUT2D eigenvalue weighted by Crippen LogP contribution is -2.14. The molecule has 54 valence electrons. The number of hydrogen-bond acceptors (Lipinski definition) is 5. The first kappa shape index (κ1) is 9.55. The van der Waals surface area contributed by atoms with E-state index in [0.717, 1.165) is 0 Å². The van der Waals surface area contributed by atoms with Gasteiger partial charge in [-0.15, -0.1) is 0 Å². The Hall–Kier alpha value is 0.555. The lowest BCUT2D eigenvalue weighted by molar-refractivity contribution is 0.328. The summed E-state index contributed by atoms with van der Waals surface area (Å²) in [6.07, 6.45) is -2.81. The fourth-order valence-electron chi connectivity index (χ4n) is 0.263. The predicted octanol–water partition coefficient (Wildman–Crippen LogP) is -0.442. The van der Waals surface area contributed by atoms with Crippen LogP contribution in [-0.2, 0) is 20.9 Å². The third-order valence-electron chi connectivity index (χ3n) is 0.792. The van der Waals surface area contributed by atoms with Gasteiger partial charge in [-0.05, 0) is 11.8 Å². The number of hydrogen-bond donors (Lipinski definition) is 2. The van der Waals surface area contributed by atoms with Gasteiger partial charge >= 0.3 is 6.84 Å². The Kier molecular flexibility index (Phi) is 3.88. The summed E-state index contributed by atoms with van der Waals surface area (Å²) >= 11 is 4.59. The minimum atomic E-state index is -2.81. The third kappa shape index (κ3) is 2.33. The molecule has 9 heavy (non-hydrogen) atoms. The molecule has 0 aromatic rings. The molecule has 0 aliphatic carbocycles. The molecular formula is C2H8BO4PS. The van der Waals surface area contributed by atoms with E-state index in [1.165, 1.54) is 14.2 Å². The van der Waals surface area contributed by atoms with Crippen molar-refractivity contribution >= 4 is 25.0 Å². The molecule has 0 aromatic heterocycles. The molecule has 4 nitrogen and oxygen atoms in total. The van der Waals surface area contributed by atoms with E-state index in [1.54, 1.807) is 0 Å². The second-order valence-electron chi connectivity index (χ2n) is 1.25. The minimum Gasteiger partial charge on any atom is -0.420 e. The van der Waals surface area contributed by atoms with Crippen LogP contribution in [0.5, 0.6) is 0 Å². The molecule has 0 aliphatic heterocycles. The molecule has 0 bridgehead atoms. The van der Waals surface area contributed by atoms with Gasteiger partial charge in [0, 0.05) is 14.2 Å². The Bertz CT molecular complexity index is 120. The summed E-state index contributed by atoms with van der Waals surface area (Å²) in [4.78, 5) is 0. The maximum absolute atomic E-state index is 8.52. The average Bonchev–Trinajstić information content (AvgIpc) is 1.86. The zero-order chi connectivity index (χ0) is 7.49. The fourth-order valence-corrected chi connectivity index (χ4v) is 0.789. The Morgan fingerprint density at radius 2 is 1.67 bits per heavy atom. The molecule has 0 heterocycles. The van der Waals surface area contributed by atoms with E-state index < -0.39 is 13.2 Å². The average molecular weight is 170 g/mol. The standard InChI is InChI=1S/C2H8BO4PS/c1-6-8(9,7-2)3(4)5/h4-5H,1-2H3. The fraction of sp³-hybridized carbons (Fsp3) is 1.00. The van der Waals surface area contributed by atoms with E-state index in [9.17, 15) is 0 Å². The molecule has 0 amide bonds. The van der Waals surface area contributed by atoms with Crippen molar-refractivity contribution in [1.82, 2.24) is 0 Å². The van der Waals surface area contributed by atoms with E-state index >= 15 is 0 Å². The van der Waals surface area contributed by atoms with E-state index in [4.69, 9.17) is 10.0 Å². The van der Waals surface area contributed by atoms with E-state index in [0.29, 0.717) is 0 Å². The highest BCUT2D eigenvalue weighted by Gasteiger charge is 2.31. The van der Waals surface area contributed by atoms with Crippen molar-refractivity contribution in [3.05, 3.63) is 0 Å². The molecule has 2 N–H and O–H groups in total. The summed E-state index contributed by atoms with van der Waals surface area (Å²) in [6.45, 7) is -1.69. The van der Waals surface area contributed by atoms with Crippen LogP contribution in [0.2, 0.25) is 0 Å². The summed E-state index contributed by atoms with van der Waals surface area (Å²) in [5.41, 5.74) is 0. The van der Waals surface area contributed by atoms with Crippen LogP contribution in [0, 0.1) is 0 Å². The highest BCUT2D eigenvalue weighted by molar-refractivity contribution is 8.24. The van der Waals surface area contributed by atoms with Crippen molar-refractivity contribution in [3.8, 4) is 0 Å². The van der Waals surface area contributed by atoms with Gasteiger partial charge in [-0.1, -0.05) is 0 Å². The molecule has 0 atom stereocenters. The van der Waals surface area contributed by atoms with Crippen molar-refractivity contribution in [2.75, 3.05) is 14.2 Å². The molecule has 0 spiro atoms. The lowest BCUT2D eigenvalue weighted by atomic mass is 10.4. The SMILES string of the molecule is COP(=S)(OC)B(O)O. The van der Waals surface area contributed by atoms with Gasteiger partial charge in [0.25, 0.3) is 0 Å². The molecule has 0 aromatic carbocycles. The van der Waals surface area contributed by atoms with Crippen LogP contribution < -0.4 is 0 Å². The summed E-state index contributed by atoms with van der Waals surface area (Å²) < 4.78 is 9.10. The smallest absolute Gasteiger partial charge is 0.420 e. The van der Waals surface area contributed by atoms with Crippen LogP contribution in [0.4, 0.5) is 0 Å². The number of rotatable bonds is 3. The summed E-state index contributed by atoms with van der Waals surface area (Å²) in [5.74, 6) is 0.